The summed E-state index contributed by atoms with van der Waals surface area (Å²) < 4.78 is 17.1. The van der Waals surface area contributed by atoms with Gasteiger partial charge in [-0.25, -0.2) is 0 Å². The summed E-state index contributed by atoms with van der Waals surface area (Å²) in [6, 6.07) is -0.740. The molecule has 0 aliphatic rings. The van der Waals surface area contributed by atoms with Gasteiger partial charge < -0.3 is 28.6 Å². The van der Waals surface area contributed by atoms with Crippen molar-refractivity contribution in [3.05, 3.63) is 97.2 Å². The Balaban J connectivity index is 4.45. The lowest BCUT2D eigenvalue weighted by Gasteiger charge is -2.34. The molecule has 0 aromatic rings. The fraction of sp³-hybridized carbons (Fsp3) is 0.620. The summed E-state index contributed by atoms with van der Waals surface area (Å²) in [6.07, 6.45) is 52.9. The smallest absolute Gasteiger partial charge is 0.306 e. The van der Waals surface area contributed by atoms with Crippen molar-refractivity contribution in [1.82, 2.24) is 0 Å². The van der Waals surface area contributed by atoms with Crippen LogP contribution in [0.4, 0.5) is 0 Å². The van der Waals surface area contributed by atoms with Crippen LogP contribution in [0.1, 0.15) is 149 Å². The van der Waals surface area contributed by atoms with Crippen molar-refractivity contribution in [2.45, 2.75) is 161 Å². The minimum atomic E-state index is -1.14. The number of carboxylic acid groups (broad SMARTS) is 1. The summed E-state index contributed by atoms with van der Waals surface area (Å²) in [4.78, 5) is 36.9. The van der Waals surface area contributed by atoms with Gasteiger partial charge in [-0.1, -0.05) is 137 Å². The van der Waals surface area contributed by atoms with E-state index in [2.05, 4.69) is 111 Å². The summed E-state index contributed by atoms with van der Waals surface area (Å²) >= 11 is 0. The molecule has 0 heterocycles. The van der Waals surface area contributed by atoms with Crippen LogP contribution in [0, 0.1) is 0 Å². The Morgan fingerprint density at radius 2 is 0.914 bits per heavy atom. The Morgan fingerprint density at radius 1 is 0.517 bits per heavy atom. The number of quaternary nitrogens is 1. The molecule has 0 saturated heterocycles. The number of hydrogen-bond donors (Lipinski definition) is 0. The number of carbonyl (C=O) groups excluding carboxylic acids is 3. The van der Waals surface area contributed by atoms with Gasteiger partial charge in [0.2, 0.25) is 0 Å². The van der Waals surface area contributed by atoms with Gasteiger partial charge >= 0.3 is 11.9 Å². The minimum absolute atomic E-state index is 0.0160. The maximum Gasteiger partial charge on any atom is 0.306 e. The molecule has 0 amide bonds. The van der Waals surface area contributed by atoms with Crippen LogP contribution in [-0.4, -0.2) is 75.5 Å². The first-order chi connectivity index (χ1) is 28.1. The number of rotatable bonds is 38. The number of allylic oxidation sites excluding steroid dienone is 16. The number of carbonyl (C=O) groups is 3. The van der Waals surface area contributed by atoms with E-state index in [0.29, 0.717) is 6.42 Å². The second kappa shape index (κ2) is 40.0. The highest BCUT2D eigenvalue weighted by Crippen LogP contribution is 2.12. The lowest BCUT2D eigenvalue weighted by Crippen LogP contribution is -2.55. The standard InChI is InChI=1S/C50H81NO7/c1-6-8-10-12-14-16-18-20-22-24-26-28-30-32-34-36-38-40-48(52)57-45-46(44-56-43-42-47(50(54)55)51(3,4)5)58-49(53)41-39-37-35-33-31-29-27-25-23-21-19-17-15-13-11-9-7-2/h8-11,14-17,20-23,26-29,46-47H,6-7,12-13,18-19,24-25,30-45H2,1-5H3/b10-8-,11-9-,16-14-,17-15-,22-20-,23-21-,28-26-,29-27-. The van der Waals surface area contributed by atoms with Crippen molar-refractivity contribution in [3.63, 3.8) is 0 Å². The normalized spacial score (nSPS) is 13.9. The van der Waals surface area contributed by atoms with Crippen molar-refractivity contribution in [1.29, 1.82) is 0 Å². The summed E-state index contributed by atoms with van der Waals surface area (Å²) in [5.41, 5.74) is 0. The number of carboxylic acids is 1. The predicted octanol–water partition coefficient (Wildman–Crippen LogP) is 11.0. The molecule has 0 rings (SSSR count). The van der Waals surface area contributed by atoms with E-state index in [-0.39, 0.29) is 49.1 Å². The van der Waals surface area contributed by atoms with Crippen LogP contribution in [-0.2, 0) is 28.6 Å². The predicted molar refractivity (Wildman–Crippen MR) is 240 cm³/mol. The van der Waals surface area contributed by atoms with Gasteiger partial charge in [-0.2, -0.15) is 0 Å². The molecule has 8 nitrogen and oxygen atoms in total. The van der Waals surface area contributed by atoms with Gasteiger partial charge in [-0.3, -0.25) is 9.59 Å². The van der Waals surface area contributed by atoms with Gasteiger partial charge in [-0.05, 0) is 89.9 Å². The van der Waals surface area contributed by atoms with Gasteiger partial charge in [0.15, 0.2) is 6.10 Å². The third-order valence-electron chi connectivity index (χ3n) is 9.22. The zero-order valence-corrected chi connectivity index (χ0v) is 37.2. The maximum absolute atomic E-state index is 12.7. The molecule has 0 radical (unpaired) electrons. The van der Waals surface area contributed by atoms with Crippen LogP contribution in [0.15, 0.2) is 97.2 Å². The monoisotopic (exact) mass is 808 g/mol. The second-order valence-electron chi connectivity index (χ2n) is 15.5. The molecular formula is C50H81NO7. The lowest BCUT2D eigenvalue weighted by molar-refractivity contribution is -0.889. The van der Waals surface area contributed by atoms with Crippen LogP contribution >= 0.6 is 0 Å². The first kappa shape index (κ1) is 54.2. The second-order valence-corrected chi connectivity index (χ2v) is 15.5. The number of esters is 2. The van der Waals surface area contributed by atoms with Gasteiger partial charge in [0, 0.05) is 19.3 Å². The minimum Gasteiger partial charge on any atom is -0.544 e. The Kier molecular flexibility index (Phi) is 37.5. The van der Waals surface area contributed by atoms with Gasteiger partial charge in [-0.15, -0.1) is 0 Å². The van der Waals surface area contributed by atoms with Crippen LogP contribution in [0.5, 0.6) is 0 Å². The first-order valence-electron chi connectivity index (χ1n) is 22.3. The van der Waals surface area contributed by atoms with Gasteiger partial charge in [0.1, 0.15) is 12.6 Å². The zero-order chi connectivity index (χ0) is 42.8. The molecule has 0 saturated carbocycles. The molecule has 8 heteroatoms. The van der Waals surface area contributed by atoms with Crippen molar-refractivity contribution < 1.29 is 38.2 Å². The lowest BCUT2D eigenvalue weighted by atomic mass is 10.1. The molecule has 0 aliphatic carbocycles. The molecular weight excluding hydrogens is 727 g/mol. The van der Waals surface area contributed by atoms with Crippen molar-refractivity contribution in [2.24, 2.45) is 0 Å². The van der Waals surface area contributed by atoms with Crippen LogP contribution in [0.3, 0.4) is 0 Å². The van der Waals surface area contributed by atoms with Crippen LogP contribution < -0.4 is 5.11 Å². The molecule has 0 spiro atoms. The number of unbranched alkanes of at least 4 members (excludes halogenated alkanes) is 8. The van der Waals surface area contributed by atoms with E-state index < -0.39 is 18.1 Å². The highest BCUT2D eigenvalue weighted by molar-refractivity contribution is 5.70. The van der Waals surface area contributed by atoms with Crippen molar-refractivity contribution in [3.8, 4) is 0 Å². The van der Waals surface area contributed by atoms with Crippen LogP contribution in [0.2, 0.25) is 0 Å². The zero-order valence-electron chi connectivity index (χ0n) is 37.2. The Morgan fingerprint density at radius 3 is 1.33 bits per heavy atom. The largest absolute Gasteiger partial charge is 0.544 e. The molecule has 0 aromatic heterocycles. The Bertz CT molecular complexity index is 1260. The molecule has 0 N–H and O–H groups in total. The van der Waals surface area contributed by atoms with Crippen molar-refractivity contribution in [2.75, 3.05) is 41.0 Å². The third-order valence-corrected chi connectivity index (χ3v) is 9.22. The van der Waals surface area contributed by atoms with E-state index in [4.69, 9.17) is 14.2 Å². The number of aliphatic carboxylic acids is 1. The molecule has 0 bridgehead atoms. The highest BCUT2D eigenvalue weighted by Gasteiger charge is 2.25. The summed E-state index contributed by atoms with van der Waals surface area (Å²) in [6.45, 7) is 4.36. The average molecular weight is 808 g/mol. The van der Waals surface area contributed by atoms with E-state index in [1.54, 1.807) is 21.1 Å². The Hall–Kier alpha value is -3.75. The van der Waals surface area contributed by atoms with Gasteiger partial charge in [0.05, 0.1) is 40.3 Å². The van der Waals surface area contributed by atoms with Crippen LogP contribution in [0.25, 0.3) is 0 Å². The van der Waals surface area contributed by atoms with E-state index in [0.717, 1.165) is 116 Å². The maximum atomic E-state index is 12.7. The summed E-state index contributed by atoms with van der Waals surface area (Å²) in [5, 5.41) is 11.6. The first-order valence-corrected chi connectivity index (χ1v) is 22.3. The van der Waals surface area contributed by atoms with Gasteiger partial charge in [0.25, 0.3) is 0 Å². The SMILES string of the molecule is CC/C=C\C/C=C\C/C=C\C/C=C\CCCCCCC(=O)OCC(COCCC(C(=O)[O-])[N+](C)(C)C)OC(=O)CCCCCC/C=C\C/C=C\C/C=C\C/C=C\CC. The quantitative estimate of drug-likeness (QED) is 0.0265. The van der Waals surface area contributed by atoms with E-state index in [9.17, 15) is 19.5 Å². The summed E-state index contributed by atoms with van der Waals surface area (Å²) in [7, 11) is 5.38. The van der Waals surface area contributed by atoms with Crippen molar-refractivity contribution >= 4 is 17.9 Å². The topological polar surface area (TPSA) is 102 Å². The number of nitrogens with zero attached hydrogens (tertiary/aromatic N) is 1. The molecule has 2 unspecified atom stereocenters. The molecule has 0 fully saturated rings. The Labute approximate surface area is 354 Å². The molecule has 58 heavy (non-hydrogen) atoms. The molecule has 328 valence electrons. The number of hydrogen-bond acceptors (Lipinski definition) is 7. The van der Waals surface area contributed by atoms with E-state index in [1.807, 2.05) is 0 Å². The summed E-state index contributed by atoms with van der Waals surface area (Å²) in [5.74, 6) is -1.81. The fourth-order valence-corrected chi connectivity index (χ4v) is 5.82. The fourth-order valence-electron chi connectivity index (χ4n) is 5.82. The molecule has 2 atom stereocenters. The van der Waals surface area contributed by atoms with E-state index >= 15 is 0 Å². The average Bonchev–Trinajstić information content (AvgIpc) is 3.18. The molecule has 0 aromatic carbocycles. The molecule has 0 aliphatic heterocycles. The highest BCUT2D eigenvalue weighted by atomic mass is 16.6. The number of ether oxygens (including phenoxy) is 3. The third kappa shape index (κ3) is 37.8. The number of likely N-dealkylation sites (N-methyl/N-ethyl adjacent to an activating group) is 1. The van der Waals surface area contributed by atoms with E-state index in [1.165, 1.54) is 0 Å².